The van der Waals surface area contributed by atoms with Crippen molar-refractivity contribution >= 4 is 15.9 Å². The molecular weight excluding hydrogens is 274 g/mol. The average Bonchev–Trinajstić information content (AvgIpc) is 2.23. The highest BCUT2D eigenvalue weighted by atomic mass is 79.9. The quantitative estimate of drug-likeness (QED) is 0.832. The Balaban J connectivity index is 1.84. The van der Waals surface area contributed by atoms with Crippen LogP contribution in [0.25, 0.3) is 0 Å². The number of hydrogen-bond donors (Lipinski definition) is 1. The van der Waals surface area contributed by atoms with Gasteiger partial charge in [-0.1, -0.05) is 47.3 Å². The fourth-order valence-corrected chi connectivity index (χ4v) is 3.01. The van der Waals surface area contributed by atoms with E-state index in [1.165, 1.54) is 31.2 Å². The van der Waals surface area contributed by atoms with Crippen LogP contribution in [0.1, 0.15) is 51.1 Å². The lowest BCUT2D eigenvalue weighted by atomic mass is 9.81. The predicted molar refractivity (Wildman–Crippen MR) is 77.1 cm³/mol. The van der Waals surface area contributed by atoms with Crippen molar-refractivity contribution in [1.82, 2.24) is 5.32 Å². The third-order valence-electron chi connectivity index (χ3n) is 3.79. The molecule has 1 fully saturated rings. The van der Waals surface area contributed by atoms with E-state index in [1.807, 2.05) is 0 Å². The molecule has 1 aromatic carbocycles. The standard InChI is InChI=1S/C15H22BrN/c1-11(9-13-5-3-6-13)17-12(2)14-7-4-8-15(16)10-14/h4,7-8,10-13,17H,3,5-6,9H2,1-2H3. The van der Waals surface area contributed by atoms with E-state index >= 15 is 0 Å². The second-order valence-electron chi connectivity index (χ2n) is 5.38. The normalized spacial score (nSPS) is 19.7. The summed E-state index contributed by atoms with van der Waals surface area (Å²) < 4.78 is 1.16. The molecule has 2 unspecified atom stereocenters. The van der Waals surface area contributed by atoms with Crippen molar-refractivity contribution in [3.63, 3.8) is 0 Å². The van der Waals surface area contributed by atoms with Gasteiger partial charge < -0.3 is 5.32 Å². The van der Waals surface area contributed by atoms with Gasteiger partial charge in [0.1, 0.15) is 0 Å². The minimum Gasteiger partial charge on any atom is -0.308 e. The minimum absolute atomic E-state index is 0.433. The molecule has 0 amide bonds. The largest absolute Gasteiger partial charge is 0.308 e. The van der Waals surface area contributed by atoms with Crippen molar-refractivity contribution < 1.29 is 0 Å². The number of rotatable bonds is 5. The summed E-state index contributed by atoms with van der Waals surface area (Å²) >= 11 is 3.53. The summed E-state index contributed by atoms with van der Waals surface area (Å²) in [4.78, 5) is 0. The highest BCUT2D eigenvalue weighted by molar-refractivity contribution is 9.10. The second-order valence-corrected chi connectivity index (χ2v) is 6.29. The first kappa shape index (κ1) is 13.1. The molecule has 17 heavy (non-hydrogen) atoms. The zero-order chi connectivity index (χ0) is 12.3. The van der Waals surface area contributed by atoms with Crippen molar-refractivity contribution in [2.75, 3.05) is 0 Å². The Hall–Kier alpha value is -0.340. The molecule has 0 aromatic heterocycles. The lowest BCUT2D eigenvalue weighted by Gasteiger charge is -2.30. The molecule has 0 bridgehead atoms. The van der Waals surface area contributed by atoms with E-state index in [2.05, 4.69) is 59.4 Å². The Kier molecular flexibility index (Phi) is 4.63. The maximum Gasteiger partial charge on any atom is 0.0294 e. The van der Waals surface area contributed by atoms with Crippen LogP contribution in [0.2, 0.25) is 0 Å². The van der Waals surface area contributed by atoms with Gasteiger partial charge in [0.05, 0.1) is 0 Å². The summed E-state index contributed by atoms with van der Waals surface area (Å²) in [6, 6.07) is 9.63. The summed E-state index contributed by atoms with van der Waals surface area (Å²) in [6.07, 6.45) is 5.66. The van der Waals surface area contributed by atoms with Crippen LogP contribution in [0.15, 0.2) is 28.7 Å². The number of benzene rings is 1. The maximum absolute atomic E-state index is 3.70. The highest BCUT2D eigenvalue weighted by Crippen LogP contribution is 2.31. The van der Waals surface area contributed by atoms with Crippen molar-refractivity contribution in [1.29, 1.82) is 0 Å². The molecule has 1 aromatic rings. The monoisotopic (exact) mass is 295 g/mol. The van der Waals surface area contributed by atoms with Gasteiger partial charge >= 0.3 is 0 Å². The average molecular weight is 296 g/mol. The molecule has 1 N–H and O–H groups in total. The summed E-state index contributed by atoms with van der Waals surface area (Å²) in [5.74, 6) is 0.979. The van der Waals surface area contributed by atoms with Gasteiger partial charge in [-0.05, 0) is 43.9 Å². The molecule has 94 valence electrons. The van der Waals surface area contributed by atoms with Crippen molar-refractivity contribution in [3.8, 4) is 0 Å². The SMILES string of the molecule is CC(CC1CCC1)NC(C)c1cccc(Br)c1. The summed E-state index contributed by atoms with van der Waals surface area (Å²) in [6.45, 7) is 4.56. The van der Waals surface area contributed by atoms with Crippen LogP contribution in [0.5, 0.6) is 0 Å². The molecule has 2 rings (SSSR count). The first-order valence-corrected chi connectivity index (χ1v) is 7.46. The van der Waals surface area contributed by atoms with E-state index in [1.54, 1.807) is 0 Å². The molecule has 1 aliphatic carbocycles. The number of halogens is 1. The Morgan fingerprint density at radius 2 is 2.12 bits per heavy atom. The van der Waals surface area contributed by atoms with E-state index < -0.39 is 0 Å². The molecule has 2 atom stereocenters. The first-order chi connectivity index (χ1) is 8.15. The fraction of sp³-hybridized carbons (Fsp3) is 0.600. The predicted octanol–water partition coefficient (Wildman–Crippen LogP) is 4.68. The lowest BCUT2D eigenvalue weighted by Crippen LogP contribution is -2.32. The van der Waals surface area contributed by atoms with Gasteiger partial charge in [-0.15, -0.1) is 0 Å². The molecule has 2 heteroatoms. The Labute approximate surface area is 113 Å². The van der Waals surface area contributed by atoms with Gasteiger partial charge in [0.15, 0.2) is 0 Å². The number of hydrogen-bond acceptors (Lipinski definition) is 1. The Morgan fingerprint density at radius 3 is 2.71 bits per heavy atom. The molecule has 0 radical (unpaired) electrons. The zero-order valence-electron chi connectivity index (χ0n) is 10.7. The van der Waals surface area contributed by atoms with Gasteiger partial charge in [-0.25, -0.2) is 0 Å². The third kappa shape index (κ3) is 3.82. The molecule has 1 nitrogen and oxygen atoms in total. The maximum atomic E-state index is 3.70. The van der Waals surface area contributed by atoms with Crippen LogP contribution in [-0.4, -0.2) is 6.04 Å². The van der Waals surface area contributed by atoms with Gasteiger partial charge in [0.25, 0.3) is 0 Å². The van der Waals surface area contributed by atoms with Crippen molar-refractivity contribution in [3.05, 3.63) is 34.3 Å². The first-order valence-electron chi connectivity index (χ1n) is 6.66. The van der Waals surface area contributed by atoms with Gasteiger partial charge in [0, 0.05) is 16.6 Å². The van der Waals surface area contributed by atoms with E-state index in [0.29, 0.717) is 12.1 Å². The summed E-state index contributed by atoms with van der Waals surface area (Å²) in [5.41, 5.74) is 1.36. The van der Waals surface area contributed by atoms with Gasteiger partial charge in [-0.3, -0.25) is 0 Å². The Morgan fingerprint density at radius 1 is 1.35 bits per heavy atom. The molecule has 1 aliphatic rings. The Bertz CT molecular complexity index is 360. The van der Waals surface area contributed by atoms with Crippen LogP contribution in [0, 0.1) is 5.92 Å². The fourth-order valence-electron chi connectivity index (χ4n) is 2.60. The van der Waals surface area contributed by atoms with Gasteiger partial charge in [0.2, 0.25) is 0 Å². The highest BCUT2D eigenvalue weighted by Gasteiger charge is 2.20. The zero-order valence-corrected chi connectivity index (χ0v) is 12.3. The van der Waals surface area contributed by atoms with Crippen LogP contribution < -0.4 is 5.32 Å². The minimum atomic E-state index is 0.433. The summed E-state index contributed by atoms with van der Waals surface area (Å²) in [5, 5.41) is 3.70. The third-order valence-corrected chi connectivity index (χ3v) is 4.29. The van der Waals surface area contributed by atoms with E-state index in [0.717, 1.165) is 10.4 Å². The van der Waals surface area contributed by atoms with Crippen LogP contribution in [0.4, 0.5) is 0 Å². The van der Waals surface area contributed by atoms with E-state index in [4.69, 9.17) is 0 Å². The van der Waals surface area contributed by atoms with Crippen LogP contribution in [0.3, 0.4) is 0 Å². The smallest absolute Gasteiger partial charge is 0.0294 e. The lowest BCUT2D eigenvalue weighted by molar-refractivity contribution is 0.259. The molecule has 0 aliphatic heterocycles. The molecule has 0 spiro atoms. The molecule has 0 heterocycles. The van der Waals surface area contributed by atoms with Crippen molar-refractivity contribution in [2.24, 2.45) is 5.92 Å². The van der Waals surface area contributed by atoms with Crippen molar-refractivity contribution in [2.45, 2.75) is 51.6 Å². The topological polar surface area (TPSA) is 12.0 Å². The summed E-state index contributed by atoms with van der Waals surface area (Å²) in [7, 11) is 0. The van der Waals surface area contributed by atoms with E-state index in [9.17, 15) is 0 Å². The second kappa shape index (κ2) is 6.01. The molecule has 1 saturated carbocycles. The van der Waals surface area contributed by atoms with E-state index in [-0.39, 0.29) is 0 Å². The van der Waals surface area contributed by atoms with Crippen LogP contribution >= 0.6 is 15.9 Å². The number of nitrogens with one attached hydrogen (secondary N) is 1. The van der Waals surface area contributed by atoms with Gasteiger partial charge in [-0.2, -0.15) is 0 Å². The van der Waals surface area contributed by atoms with Crippen LogP contribution in [-0.2, 0) is 0 Å². The molecular formula is C15H22BrN. The molecule has 0 saturated heterocycles.